The van der Waals surface area contributed by atoms with E-state index in [0.29, 0.717) is 18.7 Å². The van der Waals surface area contributed by atoms with E-state index in [0.717, 1.165) is 0 Å². The van der Waals surface area contributed by atoms with Crippen molar-refractivity contribution in [3.63, 3.8) is 0 Å². The molecule has 2 unspecified atom stereocenters. The zero-order valence-corrected chi connectivity index (χ0v) is 11.9. The summed E-state index contributed by atoms with van der Waals surface area (Å²) in [4.78, 5) is 13.1. The van der Waals surface area contributed by atoms with Crippen molar-refractivity contribution < 1.29 is 27.1 Å². The fourth-order valence-corrected chi connectivity index (χ4v) is 2.59. The van der Waals surface area contributed by atoms with Crippen LogP contribution in [0.3, 0.4) is 0 Å². The van der Waals surface area contributed by atoms with Crippen LogP contribution in [0, 0.1) is 5.92 Å². The molecule has 1 aliphatic rings. The maximum Gasteiger partial charge on any atom is 0.393 e. The molecule has 0 spiro atoms. The Labute approximate surface area is 120 Å². The van der Waals surface area contributed by atoms with E-state index < -0.39 is 18.1 Å². The van der Waals surface area contributed by atoms with Gasteiger partial charge in [0.25, 0.3) is 0 Å². The SMILES string of the molecule is COC(=O)c1ccc(C(C)N2CCCC(C(F)(F)F)C2)o1. The average molecular weight is 305 g/mol. The summed E-state index contributed by atoms with van der Waals surface area (Å²) < 4.78 is 48.4. The minimum Gasteiger partial charge on any atom is -0.463 e. The lowest BCUT2D eigenvalue weighted by Gasteiger charge is -2.36. The second-order valence-electron chi connectivity index (χ2n) is 5.25. The number of alkyl halides is 3. The summed E-state index contributed by atoms with van der Waals surface area (Å²) in [7, 11) is 1.24. The highest BCUT2D eigenvalue weighted by atomic mass is 19.4. The van der Waals surface area contributed by atoms with Gasteiger partial charge in [-0.05, 0) is 38.4 Å². The highest BCUT2D eigenvalue weighted by Crippen LogP contribution is 2.36. The molecule has 0 aliphatic carbocycles. The number of hydrogen-bond acceptors (Lipinski definition) is 4. The van der Waals surface area contributed by atoms with Gasteiger partial charge in [0.2, 0.25) is 5.76 Å². The van der Waals surface area contributed by atoms with Gasteiger partial charge in [0, 0.05) is 6.54 Å². The monoisotopic (exact) mass is 305 g/mol. The van der Waals surface area contributed by atoms with Gasteiger partial charge in [-0.15, -0.1) is 0 Å². The molecule has 0 bridgehead atoms. The number of furan rings is 1. The number of hydrogen-bond donors (Lipinski definition) is 0. The van der Waals surface area contributed by atoms with Gasteiger partial charge in [0.05, 0.1) is 19.1 Å². The van der Waals surface area contributed by atoms with Crippen molar-refractivity contribution in [2.75, 3.05) is 20.2 Å². The molecule has 2 rings (SSSR count). The molecule has 0 radical (unpaired) electrons. The highest BCUT2D eigenvalue weighted by molar-refractivity contribution is 5.86. The van der Waals surface area contributed by atoms with E-state index in [1.807, 2.05) is 0 Å². The molecule has 1 aliphatic heterocycles. The van der Waals surface area contributed by atoms with E-state index >= 15 is 0 Å². The Bertz CT molecular complexity index is 498. The van der Waals surface area contributed by atoms with Gasteiger partial charge < -0.3 is 9.15 Å². The molecule has 7 heteroatoms. The minimum atomic E-state index is -4.17. The topological polar surface area (TPSA) is 42.7 Å². The van der Waals surface area contributed by atoms with Gasteiger partial charge in [0.1, 0.15) is 5.76 Å². The third kappa shape index (κ3) is 3.58. The predicted octanol–water partition coefficient (Wildman–Crippen LogP) is 3.40. The molecular weight excluding hydrogens is 287 g/mol. The van der Waals surface area contributed by atoms with Crippen LogP contribution in [0.2, 0.25) is 0 Å². The number of methoxy groups -OCH3 is 1. The summed E-state index contributed by atoms with van der Waals surface area (Å²) in [5, 5.41) is 0. The summed E-state index contributed by atoms with van der Waals surface area (Å²) in [6, 6.07) is 2.77. The molecule has 1 aromatic heterocycles. The largest absolute Gasteiger partial charge is 0.463 e. The fourth-order valence-electron chi connectivity index (χ4n) is 2.59. The molecule has 2 atom stereocenters. The summed E-state index contributed by atoms with van der Waals surface area (Å²) in [5.41, 5.74) is 0. The molecular formula is C14H18F3NO3. The number of piperidine rings is 1. The first-order valence-electron chi connectivity index (χ1n) is 6.81. The lowest BCUT2D eigenvalue weighted by Crippen LogP contribution is -2.42. The Morgan fingerprint density at radius 3 is 2.81 bits per heavy atom. The van der Waals surface area contributed by atoms with E-state index in [9.17, 15) is 18.0 Å². The maximum atomic E-state index is 12.8. The summed E-state index contributed by atoms with van der Waals surface area (Å²) in [6.07, 6.45) is -3.50. The zero-order chi connectivity index (χ0) is 15.6. The Balaban J connectivity index is 2.07. The summed E-state index contributed by atoms with van der Waals surface area (Å²) >= 11 is 0. The first-order chi connectivity index (χ1) is 9.82. The van der Waals surface area contributed by atoms with Crippen molar-refractivity contribution in [1.29, 1.82) is 0 Å². The number of esters is 1. The molecule has 1 aromatic rings. The van der Waals surface area contributed by atoms with E-state index in [4.69, 9.17) is 4.42 Å². The molecule has 118 valence electrons. The predicted molar refractivity (Wildman–Crippen MR) is 68.8 cm³/mol. The Hall–Kier alpha value is -1.50. The molecule has 4 nitrogen and oxygen atoms in total. The van der Waals surface area contributed by atoms with E-state index in [2.05, 4.69) is 4.74 Å². The second-order valence-corrected chi connectivity index (χ2v) is 5.25. The van der Waals surface area contributed by atoms with Crippen LogP contribution >= 0.6 is 0 Å². The number of rotatable bonds is 3. The second kappa shape index (κ2) is 6.09. The van der Waals surface area contributed by atoms with Crippen LogP contribution < -0.4 is 0 Å². The average Bonchev–Trinajstić information content (AvgIpc) is 2.94. The van der Waals surface area contributed by atoms with Gasteiger partial charge in [-0.25, -0.2) is 4.79 Å². The van der Waals surface area contributed by atoms with Crippen molar-refractivity contribution in [2.24, 2.45) is 5.92 Å². The minimum absolute atomic E-state index is 0.0427. The molecule has 0 amide bonds. The maximum absolute atomic E-state index is 12.8. The normalized spacial score (nSPS) is 22.0. The van der Waals surface area contributed by atoms with E-state index in [1.165, 1.54) is 13.2 Å². The zero-order valence-electron chi connectivity index (χ0n) is 11.9. The standard InChI is InChI=1S/C14H18F3NO3/c1-9(11-5-6-12(21-11)13(19)20-2)18-7-3-4-10(8-18)14(15,16)17/h5-6,9-10H,3-4,7-8H2,1-2H3. The van der Waals surface area contributed by atoms with Crippen LogP contribution in [0.1, 0.15) is 42.1 Å². The highest BCUT2D eigenvalue weighted by Gasteiger charge is 2.42. The van der Waals surface area contributed by atoms with Crippen molar-refractivity contribution in [3.05, 3.63) is 23.7 Å². The van der Waals surface area contributed by atoms with Crippen LogP contribution in [0.4, 0.5) is 13.2 Å². The first kappa shape index (κ1) is 15.9. The van der Waals surface area contributed by atoms with Crippen LogP contribution in [-0.4, -0.2) is 37.2 Å². The number of nitrogens with zero attached hydrogens (tertiary/aromatic N) is 1. The van der Waals surface area contributed by atoms with Gasteiger partial charge in [-0.3, -0.25) is 4.90 Å². The van der Waals surface area contributed by atoms with Gasteiger partial charge in [-0.2, -0.15) is 13.2 Å². The molecule has 1 fully saturated rings. The quantitative estimate of drug-likeness (QED) is 0.803. The molecule has 0 aromatic carbocycles. The van der Waals surface area contributed by atoms with Crippen LogP contribution in [0.25, 0.3) is 0 Å². The van der Waals surface area contributed by atoms with Crippen LogP contribution in [0.15, 0.2) is 16.5 Å². The first-order valence-corrected chi connectivity index (χ1v) is 6.81. The van der Waals surface area contributed by atoms with Gasteiger partial charge >= 0.3 is 12.1 Å². The summed E-state index contributed by atoms with van der Waals surface area (Å²) in [6.45, 7) is 2.32. The third-order valence-electron chi connectivity index (χ3n) is 3.89. The molecule has 2 heterocycles. The Morgan fingerprint density at radius 1 is 1.48 bits per heavy atom. The van der Waals surface area contributed by atoms with Crippen molar-refractivity contribution in [3.8, 4) is 0 Å². The van der Waals surface area contributed by atoms with E-state index in [-0.39, 0.29) is 24.8 Å². The summed E-state index contributed by atoms with van der Waals surface area (Å²) in [5.74, 6) is -1.37. The smallest absolute Gasteiger partial charge is 0.393 e. The number of ether oxygens (including phenoxy) is 1. The number of carbonyl (C=O) groups is 1. The third-order valence-corrected chi connectivity index (χ3v) is 3.89. The van der Waals surface area contributed by atoms with Crippen molar-refractivity contribution >= 4 is 5.97 Å². The molecule has 21 heavy (non-hydrogen) atoms. The van der Waals surface area contributed by atoms with Gasteiger partial charge in [0.15, 0.2) is 0 Å². The molecule has 0 saturated carbocycles. The number of likely N-dealkylation sites (tertiary alicyclic amines) is 1. The number of carbonyl (C=O) groups excluding carboxylic acids is 1. The Morgan fingerprint density at radius 2 is 2.19 bits per heavy atom. The Kier molecular flexibility index (Phi) is 4.61. The van der Waals surface area contributed by atoms with Crippen molar-refractivity contribution in [1.82, 2.24) is 4.90 Å². The van der Waals surface area contributed by atoms with E-state index in [1.54, 1.807) is 17.9 Å². The van der Waals surface area contributed by atoms with Crippen molar-refractivity contribution in [2.45, 2.75) is 32.0 Å². The molecule has 0 N–H and O–H groups in total. The lowest BCUT2D eigenvalue weighted by molar-refractivity contribution is -0.188. The van der Waals surface area contributed by atoms with Crippen LogP contribution in [-0.2, 0) is 4.74 Å². The fraction of sp³-hybridized carbons (Fsp3) is 0.643. The van der Waals surface area contributed by atoms with Crippen LogP contribution in [0.5, 0.6) is 0 Å². The molecule has 1 saturated heterocycles. The number of halogens is 3. The van der Waals surface area contributed by atoms with Gasteiger partial charge in [-0.1, -0.05) is 0 Å². The lowest BCUT2D eigenvalue weighted by atomic mass is 9.96.